The molecule has 0 saturated heterocycles. The van der Waals surface area contributed by atoms with Gasteiger partial charge in [0, 0.05) is 5.56 Å². The predicted molar refractivity (Wildman–Crippen MR) is 93.8 cm³/mol. The second-order valence-corrected chi connectivity index (χ2v) is 5.18. The molecule has 0 aliphatic rings. The molecule has 124 valence electrons. The molecule has 3 aromatic rings. The van der Waals surface area contributed by atoms with Crippen LogP contribution in [0.2, 0.25) is 0 Å². The fourth-order valence-corrected chi connectivity index (χ4v) is 2.39. The summed E-state index contributed by atoms with van der Waals surface area (Å²) in [7, 11) is 0. The number of nitrogens with one attached hydrogen (secondary N) is 1. The summed E-state index contributed by atoms with van der Waals surface area (Å²) in [6.07, 6.45) is 1.43. The van der Waals surface area contributed by atoms with Gasteiger partial charge in [-0.15, -0.1) is 0 Å². The van der Waals surface area contributed by atoms with Crippen molar-refractivity contribution in [2.24, 2.45) is 0 Å². The Kier molecular flexibility index (Phi) is 4.77. The van der Waals surface area contributed by atoms with Gasteiger partial charge < -0.3 is 10.1 Å². The van der Waals surface area contributed by atoms with Crippen LogP contribution in [0.25, 0.3) is 5.69 Å². The Balaban J connectivity index is 1.93. The predicted octanol–water partition coefficient (Wildman–Crippen LogP) is 3.39. The average Bonchev–Trinajstić information content (AvgIpc) is 3.05. The largest absolute Gasteiger partial charge is 0.494 e. The first-order chi connectivity index (χ1) is 12.2. The number of carbonyl (C=O) groups excluding carboxylic acids is 1. The Morgan fingerprint density at radius 2 is 2.04 bits per heavy atom. The zero-order valence-corrected chi connectivity index (χ0v) is 13.6. The van der Waals surface area contributed by atoms with Gasteiger partial charge in [-0.05, 0) is 37.3 Å². The van der Waals surface area contributed by atoms with Crippen molar-refractivity contribution in [3.63, 3.8) is 0 Å². The number of ether oxygens (including phenoxy) is 1. The molecule has 6 heteroatoms. The topological polar surface area (TPSA) is 79.9 Å². The van der Waals surface area contributed by atoms with Crippen molar-refractivity contribution in [1.82, 2.24) is 9.78 Å². The third-order valence-electron chi connectivity index (χ3n) is 3.53. The minimum absolute atomic E-state index is 0.290. The molecule has 0 unspecified atom stereocenters. The summed E-state index contributed by atoms with van der Waals surface area (Å²) in [4.78, 5) is 12.6. The molecule has 0 aliphatic carbocycles. The number of nitriles is 1. The lowest BCUT2D eigenvalue weighted by Crippen LogP contribution is -2.16. The number of anilines is 1. The van der Waals surface area contributed by atoms with E-state index in [4.69, 9.17) is 4.74 Å². The average molecular weight is 332 g/mol. The maximum absolute atomic E-state index is 12.6. The Bertz CT molecular complexity index is 926. The fraction of sp³-hybridized carbons (Fsp3) is 0.105. The molecular formula is C19H16N4O2. The summed E-state index contributed by atoms with van der Waals surface area (Å²) >= 11 is 0. The summed E-state index contributed by atoms with van der Waals surface area (Å²) in [5.74, 6) is 0.614. The normalized spacial score (nSPS) is 10.1. The second kappa shape index (κ2) is 7.32. The number of nitrogens with zero attached hydrogens (tertiary/aromatic N) is 3. The molecule has 1 N–H and O–H groups in total. The Morgan fingerprint density at radius 1 is 1.24 bits per heavy atom. The van der Waals surface area contributed by atoms with Crippen LogP contribution in [-0.2, 0) is 0 Å². The summed E-state index contributed by atoms with van der Waals surface area (Å²) in [5, 5.41) is 16.3. The first kappa shape index (κ1) is 16.3. The summed E-state index contributed by atoms with van der Waals surface area (Å²) < 4.78 is 6.95. The van der Waals surface area contributed by atoms with E-state index in [1.165, 1.54) is 10.9 Å². The van der Waals surface area contributed by atoms with E-state index in [0.717, 1.165) is 5.69 Å². The third-order valence-corrected chi connectivity index (χ3v) is 3.53. The molecule has 25 heavy (non-hydrogen) atoms. The smallest absolute Gasteiger partial charge is 0.256 e. The van der Waals surface area contributed by atoms with Gasteiger partial charge in [0.2, 0.25) is 0 Å². The highest BCUT2D eigenvalue weighted by Crippen LogP contribution is 2.21. The molecule has 1 aromatic heterocycles. The highest BCUT2D eigenvalue weighted by molar-refractivity contribution is 6.04. The lowest BCUT2D eigenvalue weighted by atomic mass is 10.2. The van der Waals surface area contributed by atoms with E-state index in [0.29, 0.717) is 23.7 Å². The first-order valence-corrected chi connectivity index (χ1v) is 7.80. The monoisotopic (exact) mass is 332 g/mol. The zero-order chi connectivity index (χ0) is 17.6. The van der Waals surface area contributed by atoms with E-state index in [-0.39, 0.29) is 11.5 Å². The minimum Gasteiger partial charge on any atom is -0.494 e. The Morgan fingerprint density at radius 3 is 2.76 bits per heavy atom. The summed E-state index contributed by atoms with van der Waals surface area (Å²) in [5.41, 5.74) is 1.48. The standard InChI is InChI=1S/C19H16N4O2/c1-2-25-17-10-6-7-14(11-17)19(24)22-18-15(12-20)13-21-23(18)16-8-4-3-5-9-16/h3-11,13H,2H2,1H3,(H,22,24). The number of rotatable bonds is 5. The van der Waals surface area contributed by atoms with Crippen molar-refractivity contribution in [1.29, 1.82) is 5.26 Å². The Hall–Kier alpha value is -3.59. The molecule has 0 radical (unpaired) electrons. The molecule has 0 saturated carbocycles. The third kappa shape index (κ3) is 3.51. The molecule has 0 atom stereocenters. The maximum Gasteiger partial charge on any atom is 0.256 e. The molecule has 3 rings (SSSR count). The number of amides is 1. The van der Waals surface area contributed by atoms with Crippen LogP contribution in [-0.4, -0.2) is 22.3 Å². The maximum atomic E-state index is 12.6. The van der Waals surface area contributed by atoms with Crippen LogP contribution in [0.5, 0.6) is 5.75 Å². The van der Waals surface area contributed by atoms with Crippen molar-refractivity contribution in [2.45, 2.75) is 6.92 Å². The van der Waals surface area contributed by atoms with Gasteiger partial charge in [0.05, 0.1) is 18.5 Å². The second-order valence-electron chi connectivity index (χ2n) is 5.18. The van der Waals surface area contributed by atoms with Crippen LogP contribution in [0, 0.1) is 11.3 Å². The van der Waals surface area contributed by atoms with Gasteiger partial charge in [-0.1, -0.05) is 24.3 Å². The van der Waals surface area contributed by atoms with E-state index in [2.05, 4.69) is 16.5 Å². The Labute approximate surface area is 145 Å². The minimum atomic E-state index is -0.337. The molecule has 0 bridgehead atoms. The highest BCUT2D eigenvalue weighted by Gasteiger charge is 2.16. The quantitative estimate of drug-likeness (QED) is 0.776. The summed E-state index contributed by atoms with van der Waals surface area (Å²) in [6, 6.07) is 18.2. The number of para-hydroxylation sites is 1. The van der Waals surface area contributed by atoms with Crippen molar-refractivity contribution in [3.8, 4) is 17.5 Å². The van der Waals surface area contributed by atoms with E-state index in [1.807, 2.05) is 37.3 Å². The van der Waals surface area contributed by atoms with Crippen molar-refractivity contribution in [2.75, 3.05) is 11.9 Å². The number of carbonyl (C=O) groups is 1. The van der Waals surface area contributed by atoms with Gasteiger partial charge in [-0.3, -0.25) is 4.79 Å². The first-order valence-electron chi connectivity index (χ1n) is 7.80. The number of hydrogen-bond acceptors (Lipinski definition) is 4. The molecule has 1 amide bonds. The van der Waals surface area contributed by atoms with Crippen molar-refractivity contribution >= 4 is 11.7 Å². The van der Waals surface area contributed by atoms with Crippen LogP contribution >= 0.6 is 0 Å². The van der Waals surface area contributed by atoms with Crippen molar-refractivity contribution < 1.29 is 9.53 Å². The van der Waals surface area contributed by atoms with Crippen molar-refractivity contribution in [3.05, 3.63) is 71.9 Å². The van der Waals surface area contributed by atoms with Gasteiger partial charge >= 0.3 is 0 Å². The molecule has 1 heterocycles. The van der Waals surface area contributed by atoms with Gasteiger partial charge in [0.1, 0.15) is 17.4 Å². The van der Waals surface area contributed by atoms with Gasteiger partial charge in [0.15, 0.2) is 5.82 Å². The van der Waals surface area contributed by atoms with Crippen LogP contribution < -0.4 is 10.1 Å². The highest BCUT2D eigenvalue weighted by atomic mass is 16.5. The van der Waals surface area contributed by atoms with E-state index < -0.39 is 0 Å². The number of benzene rings is 2. The van der Waals surface area contributed by atoms with Crippen LogP contribution in [0.3, 0.4) is 0 Å². The molecule has 0 fully saturated rings. The lowest BCUT2D eigenvalue weighted by Gasteiger charge is -2.10. The van der Waals surface area contributed by atoms with Crippen LogP contribution in [0.1, 0.15) is 22.8 Å². The molecule has 2 aromatic carbocycles. The molecule has 0 spiro atoms. The van der Waals surface area contributed by atoms with E-state index >= 15 is 0 Å². The zero-order valence-electron chi connectivity index (χ0n) is 13.6. The molecular weight excluding hydrogens is 316 g/mol. The molecule has 6 nitrogen and oxygen atoms in total. The summed E-state index contributed by atoms with van der Waals surface area (Å²) in [6.45, 7) is 2.40. The van der Waals surface area contributed by atoms with Gasteiger partial charge in [-0.25, -0.2) is 4.68 Å². The van der Waals surface area contributed by atoms with E-state index in [1.54, 1.807) is 24.3 Å². The molecule has 0 aliphatic heterocycles. The van der Waals surface area contributed by atoms with Gasteiger partial charge in [-0.2, -0.15) is 10.4 Å². The van der Waals surface area contributed by atoms with Crippen LogP contribution in [0.4, 0.5) is 5.82 Å². The lowest BCUT2D eigenvalue weighted by molar-refractivity contribution is 0.102. The number of hydrogen-bond donors (Lipinski definition) is 1. The fourth-order valence-electron chi connectivity index (χ4n) is 2.39. The van der Waals surface area contributed by atoms with E-state index in [9.17, 15) is 10.1 Å². The number of aromatic nitrogens is 2. The van der Waals surface area contributed by atoms with Crippen LogP contribution in [0.15, 0.2) is 60.8 Å². The van der Waals surface area contributed by atoms with Gasteiger partial charge in [0.25, 0.3) is 5.91 Å². The SMILES string of the molecule is CCOc1cccc(C(=O)Nc2c(C#N)cnn2-c2ccccc2)c1.